The largest absolute Gasteiger partial charge is 0.314 e. The van der Waals surface area contributed by atoms with Crippen molar-refractivity contribution >= 4 is 11.3 Å². The van der Waals surface area contributed by atoms with Crippen molar-refractivity contribution in [1.82, 2.24) is 10.3 Å². The summed E-state index contributed by atoms with van der Waals surface area (Å²) in [7, 11) is 0. The van der Waals surface area contributed by atoms with Gasteiger partial charge in [-0.2, -0.15) is 0 Å². The van der Waals surface area contributed by atoms with Crippen LogP contribution in [0.25, 0.3) is 0 Å². The molecule has 0 radical (unpaired) electrons. The maximum Gasteiger partial charge on any atom is 0.0964 e. The standard InChI is InChI=1S/C13H20N2S/c1-13(2)7-11(13)12-15-10(8-16-12)5-6-14-9-3-4-9/h8-9,11,14H,3-7H2,1-2H3. The molecule has 0 saturated heterocycles. The highest BCUT2D eigenvalue weighted by molar-refractivity contribution is 7.09. The van der Waals surface area contributed by atoms with Gasteiger partial charge in [0.05, 0.1) is 10.7 Å². The summed E-state index contributed by atoms with van der Waals surface area (Å²) in [6.45, 7) is 5.78. The van der Waals surface area contributed by atoms with Crippen LogP contribution in [0.5, 0.6) is 0 Å². The van der Waals surface area contributed by atoms with E-state index in [-0.39, 0.29) is 0 Å². The van der Waals surface area contributed by atoms with Crippen LogP contribution in [0.4, 0.5) is 0 Å². The second-order valence-corrected chi connectivity index (χ2v) is 6.79. The molecule has 0 spiro atoms. The van der Waals surface area contributed by atoms with Gasteiger partial charge in [0.15, 0.2) is 0 Å². The van der Waals surface area contributed by atoms with Gasteiger partial charge in [-0.3, -0.25) is 0 Å². The van der Waals surface area contributed by atoms with E-state index < -0.39 is 0 Å². The molecule has 1 aromatic heterocycles. The Labute approximate surface area is 101 Å². The Morgan fingerprint density at radius 2 is 2.25 bits per heavy atom. The van der Waals surface area contributed by atoms with Crippen LogP contribution in [0.2, 0.25) is 0 Å². The first kappa shape index (κ1) is 10.7. The maximum absolute atomic E-state index is 4.76. The minimum atomic E-state index is 0.515. The van der Waals surface area contributed by atoms with Crippen molar-refractivity contribution in [1.29, 1.82) is 0 Å². The van der Waals surface area contributed by atoms with Gasteiger partial charge in [-0.05, 0) is 24.7 Å². The molecule has 0 aromatic carbocycles. The molecule has 1 atom stereocenters. The zero-order valence-electron chi connectivity index (χ0n) is 10.1. The number of hydrogen-bond acceptors (Lipinski definition) is 3. The summed E-state index contributed by atoms with van der Waals surface area (Å²) in [5.41, 5.74) is 1.80. The molecular weight excluding hydrogens is 216 g/mol. The summed E-state index contributed by atoms with van der Waals surface area (Å²) < 4.78 is 0. The Hall–Kier alpha value is -0.410. The zero-order valence-corrected chi connectivity index (χ0v) is 10.9. The molecule has 2 saturated carbocycles. The lowest BCUT2D eigenvalue weighted by molar-refractivity contribution is 0.619. The Kier molecular flexibility index (Phi) is 2.55. The first-order chi connectivity index (χ1) is 7.65. The summed E-state index contributed by atoms with van der Waals surface area (Å²) in [4.78, 5) is 4.76. The van der Waals surface area contributed by atoms with Crippen molar-refractivity contribution in [3.8, 4) is 0 Å². The van der Waals surface area contributed by atoms with E-state index in [1.165, 1.54) is 30.0 Å². The van der Waals surface area contributed by atoms with Crippen LogP contribution < -0.4 is 5.32 Å². The predicted octanol–water partition coefficient (Wildman–Crippen LogP) is 2.95. The van der Waals surface area contributed by atoms with E-state index in [2.05, 4.69) is 24.5 Å². The first-order valence-electron chi connectivity index (χ1n) is 6.33. The molecule has 88 valence electrons. The predicted molar refractivity (Wildman–Crippen MR) is 68.0 cm³/mol. The van der Waals surface area contributed by atoms with Crippen LogP contribution in [0, 0.1) is 5.41 Å². The average molecular weight is 236 g/mol. The van der Waals surface area contributed by atoms with Gasteiger partial charge < -0.3 is 5.32 Å². The fraction of sp³-hybridized carbons (Fsp3) is 0.769. The van der Waals surface area contributed by atoms with Crippen LogP contribution in [-0.2, 0) is 6.42 Å². The van der Waals surface area contributed by atoms with E-state index in [1.54, 1.807) is 0 Å². The second-order valence-electron chi connectivity index (χ2n) is 5.90. The fourth-order valence-electron chi connectivity index (χ4n) is 2.18. The highest BCUT2D eigenvalue weighted by Crippen LogP contribution is 2.59. The van der Waals surface area contributed by atoms with Gasteiger partial charge in [0.25, 0.3) is 0 Å². The first-order valence-corrected chi connectivity index (χ1v) is 7.21. The van der Waals surface area contributed by atoms with Crippen LogP contribution in [0.1, 0.15) is 49.7 Å². The third-order valence-corrected chi connectivity index (χ3v) is 4.78. The van der Waals surface area contributed by atoms with Crippen molar-refractivity contribution in [2.45, 2.75) is 51.5 Å². The van der Waals surface area contributed by atoms with Gasteiger partial charge in [-0.15, -0.1) is 11.3 Å². The summed E-state index contributed by atoms with van der Waals surface area (Å²) in [6, 6.07) is 0.820. The van der Waals surface area contributed by atoms with Crippen LogP contribution in [-0.4, -0.2) is 17.6 Å². The van der Waals surface area contributed by atoms with Crippen molar-refractivity contribution < 1.29 is 0 Å². The summed E-state index contributed by atoms with van der Waals surface area (Å²) >= 11 is 1.86. The number of aromatic nitrogens is 1. The number of hydrogen-bond donors (Lipinski definition) is 1. The highest BCUT2D eigenvalue weighted by Gasteiger charge is 2.48. The number of nitrogens with zero attached hydrogens (tertiary/aromatic N) is 1. The minimum absolute atomic E-state index is 0.515. The van der Waals surface area contributed by atoms with Crippen molar-refractivity contribution in [3.05, 3.63) is 16.1 Å². The number of rotatable bonds is 5. The van der Waals surface area contributed by atoms with E-state index in [0.29, 0.717) is 5.41 Å². The molecule has 0 bridgehead atoms. The molecule has 0 amide bonds. The highest BCUT2D eigenvalue weighted by atomic mass is 32.1. The SMILES string of the molecule is CC1(C)CC1c1nc(CCNC2CC2)cs1. The maximum atomic E-state index is 4.76. The Morgan fingerprint density at radius 1 is 1.50 bits per heavy atom. The molecule has 2 fully saturated rings. The number of nitrogens with one attached hydrogen (secondary N) is 1. The summed E-state index contributed by atoms with van der Waals surface area (Å²) in [6.07, 6.45) is 5.16. The van der Waals surface area contributed by atoms with Crippen molar-refractivity contribution in [2.75, 3.05) is 6.54 Å². The molecular formula is C13H20N2S. The van der Waals surface area contributed by atoms with Crippen LogP contribution in [0.15, 0.2) is 5.38 Å². The van der Waals surface area contributed by atoms with Gasteiger partial charge >= 0.3 is 0 Å². The topological polar surface area (TPSA) is 24.9 Å². The van der Waals surface area contributed by atoms with Gasteiger partial charge in [-0.25, -0.2) is 4.98 Å². The lowest BCUT2D eigenvalue weighted by Crippen LogP contribution is -2.19. The Bertz CT molecular complexity index is 379. The molecule has 1 heterocycles. The molecule has 2 aliphatic rings. The third kappa shape index (κ3) is 2.30. The molecule has 1 N–H and O–H groups in total. The number of thiazole rings is 1. The van der Waals surface area contributed by atoms with Crippen molar-refractivity contribution in [3.63, 3.8) is 0 Å². The molecule has 2 nitrogen and oxygen atoms in total. The Morgan fingerprint density at radius 3 is 2.88 bits per heavy atom. The second kappa shape index (κ2) is 3.81. The van der Waals surface area contributed by atoms with Crippen molar-refractivity contribution in [2.24, 2.45) is 5.41 Å². The van der Waals surface area contributed by atoms with E-state index in [0.717, 1.165) is 24.9 Å². The lowest BCUT2D eigenvalue weighted by atomic mass is 10.1. The molecule has 3 rings (SSSR count). The third-order valence-electron chi connectivity index (χ3n) is 3.77. The molecule has 1 unspecified atom stereocenters. The fourth-order valence-corrected chi connectivity index (χ4v) is 3.34. The van der Waals surface area contributed by atoms with E-state index >= 15 is 0 Å². The molecule has 3 heteroatoms. The summed E-state index contributed by atoms with van der Waals surface area (Å²) in [5.74, 6) is 0.739. The lowest BCUT2D eigenvalue weighted by Gasteiger charge is -2.00. The molecule has 1 aromatic rings. The van der Waals surface area contributed by atoms with E-state index in [4.69, 9.17) is 4.98 Å². The monoisotopic (exact) mass is 236 g/mol. The van der Waals surface area contributed by atoms with E-state index in [9.17, 15) is 0 Å². The molecule has 2 aliphatic carbocycles. The summed E-state index contributed by atoms with van der Waals surface area (Å²) in [5, 5.41) is 7.16. The van der Waals surface area contributed by atoms with E-state index in [1.807, 2.05) is 11.3 Å². The molecule has 16 heavy (non-hydrogen) atoms. The quantitative estimate of drug-likeness (QED) is 0.850. The Balaban J connectivity index is 1.52. The molecule has 0 aliphatic heterocycles. The van der Waals surface area contributed by atoms with Gasteiger partial charge in [-0.1, -0.05) is 13.8 Å². The van der Waals surface area contributed by atoms with Gasteiger partial charge in [0.1, 0.15) is 0 Å². The zero-order chi connectivity index (χ0) is 11.2. The van der Waals surface area contributed by atoms with Gasteiger partial charge in [0, 0.05) is 30.3 Å². The van der Waals surface area contributed by atoms with Gasteiger partial charge in [0.2, 0.25) is 0 Å². The van der Waals surface area contributed by atoms with Crippen LogP contribution >= 0.6 is 11.3 Å². The van der Waals surface area contributed by atoms with Crippen LogP contribution in [0.3, 0.4) is 0 Å². The average Bonchev–Trinajstić information content (AvgIpc) is 3.09. The smallest absolute Gasteiger partial charge is 0.0964 e. The normalized spacial score (nSPS) is 27.0. The minimum Gasteiger partial charge on any atom is -0.314 e.